The quantitative estimate of drug-likeness (QED) is 0.788. The topological polar surface area (TPSA) is 89.9 Å². The van der Waals surface area contributed by atoms with Gasteiger partial charge in [0, 0.05) is 42.6 Å². The molecular formula is C18H26N2O4. The highest BCUT2D eigenvalue weighted by atomic mass is 16.4. The van der Waals surface area contributed by atoms with Gasteiger partial charge in [-0.3, -0.25) is 9.59 Å². The van der Waals surface area contributed by atoms with Crippen LogP contribution in [0.4, 0.5) is 11.4 Å². The molecule has 0 spiro atoms. The monoisotopic (exact) mass is 334 g/mol. The first-order chi connectivity index (χ1) is 11.1. The molecule has 0 unspecified atom stereocenters. The molecule has 1 heterocycles. The molecule has 1 aliphatic rings. The number of carbonyl (C=O) groups is 2. The molecule has 0 atom stereocenters. The van der Waals surface area contributed by atoms with Crippen LogP contribution in [0.2, 0.25) is 0 Å². The molecule has 0 saturated carbocycles. The lowest BCUT2D eigenvalue weighted by molar-refractivity contribution is -0.138. The van der Waals surface area contributed by atoms with Gasteiger partial charge in [0.05, 0.1) is 6.42 Å². The molecule has 6 heteroatoms. The van der Waals surface area contributed by atoms with Gasteiger partial charge in [-0.05, 0) is 30.7 Å². The minimum Gasteiger partial charge on any atom is -0.481 e. The van der Waals surface area contributed by atoms with Crippen molar-refractivity contribution in [1.29, 1.82) is 0 Å². The summed E-state index contributed by atoms with van der Waals surface area (Å²) in [5.41, 5.74) is 3.68. The van der Waals surface area contributed by atoms with E-state index in [-0.39, 0.29) is 30.8 Å². The summed E-state index contributed by atoms with van der Waals surface area (Å²) >= 11 is 0. The van der Waals surface area contributed by atoms with Gasteiger partial charge in [0.2, 0.25) is 5.91 Å². The summed E-state index contributed by atoms with van der Waals surface area (Å²) in [7, 11) is 1.97. The Morgan fingerprint density at radius 2 is 1.88 bits per heavy atom. The molecular weight excluding hydrogens is 308 g/mol. The van der Waals surface area contributed by atoms with E-state index < -0.39 is 5.97 Å². The molecule has 0 aromatic heterocycles. The van der Waals surface area contributed by atoms with E-state index in [0.29, 0.717) is 5.69 Å². The van der Waals surface area contributed by atoms with Gasteiger partial charge >= 0.3 is 5.97 Å². The second-order valence-corrected chi connectivity index (χ2v) is 6.12. The number of likely N-dealkylation sites (N-methyl/N-ethyl adjacent to an activating group) is 1. The number of benzene rings is 1. The average molecular weight is 334 g/mol. The van der Waals surface area contributed by atoms with Crippen LogP contribution in [-0.4, -0.2) is 35.7 Å². The van der Waals surface area contributed by atoms with Gasteiger partial charge in [-0.2, -0.15) is 0 Å². The zero-order valence-corrected chi connectivity index (χ0v) is 14.7. The zero-order chi connectivity index (χ0) is 18.5. The smallest absolute Gasteiger partial charge is 0.303 e. The van der Waals surface area contributed by atoms with Gasteiger partial charge in [0.25, 0.3) is 0 Å². The Bertz CT molecular complexity index is 638. The fraction of sp³-hybridized carbons (Fsp3) is 0.444. The van der Waals surface area contributed by atoms with E-state index in [2.05, 4.69) is 25.7 Å². The van der Waals surface area contributed by atoms with Gasteiger partial charge in [0.1, 0.15) is 0 Å². The standard InChI is InChI=1S/C16H20N2O3.C2H6O/c1-10-16(2,3)12-9-11(5-6-13(12)18(10)4)17-14(19)7-8-15(20)21;1-2-3/h5-6,9H,1,7-8H2,2-4H3,(H,17,19)(H,20,21);3H,2H2,1H3. The Labute approximate surface area is 142 Å². The van der Waals surface area contributed by atoms with Crippen molar-refractivity contribution in [3.8, 4) is 0 Å². The number of aliphatic hydroxyl groups excluding tert-OH is 1. The lowest BCUT2D eigenvalue weighted by atomic mass is 9.84. The second-order valence-electron chi connectivity index (χ2n) is 6.12. The summed E-state index contributed by atoms with van der Waals surface area (Å²) < 4.78 is 0. The first-order valence-electron chi connectivity index (χ1n) is 7.85. The second kappa shape index (κ2) is 7.97. The summed E-state index contributed by atoms with van der Waals surface area (Å²) in [5.74, 6) is -1.27. The number of nitrogens with one attached hydrogen (secondary N) is 1. The number of aliphatic carboxylic acids is 1. The Morgan fingerprint density at radius 3 is 2.42 bits per heavy atom. The van der Waals surface area contributed by atoms with Crippen LogP contribution in [0, 0.1) is 0 Å². The average Bonchev–Trinajstić information content (AvgIpc) is 2.67. The molecule has 1 aromatic carbocycles. The van der Waals surface area contributed by atoms with E-state index in [1.54, 1.807) is 6.92 Å². The Balaban J connectivity index is 0.000000891. The van der Waals surface area contributed by atoms with E-state index >= 15 is 0 Å². The summed E-state index contributed by atoms with van der Waals surface area (Å²) in [6.07, 6.45) is -0.190. The highest BCUT2D eigenvalue weighted by Crippen LogP contribution is 2.46. The summed E-state index contributed by atoms with van der Waals surface area (Å²) in [6, 6.07) is 5.70. The Morgan fingerprint density at radius 1 is 1.29 bits per heavy atom. The molecule has 0 aliphatic carbocycles. The Hall–Kier alpha value is -2.34. The number of nitrogens with zero attached hydrogens (tertiary/aromatic N) is 1. The number of hydrogen-bond acceptors (Lipinski definition) is 4. The lowest BCUT2D eigenvalue weighted by Crippen LogP contribution is -2.21. The third-order valence-corrected chi connectivity index (χ3v) is 4.01. The molecule has 0 fully saturated rings. The predicted molar refractivity (Wildman–Crippen MR) is 95.3 cm³/mol. The fourth-order valence-electron chi connectivity index (χ4n) is 2.57. The first kappa shape index (κ1) is 19.7. The van der Waals surface area contributed by atoms with Crippen molar-refractivity contribution in [3.63, 3.8) is 0 Å². The van der Waals surface area contributed by atoms with Crippen LogP contribution in [0.5, 0.6) is 0 Å². The number of aliphatic hydroxyl groups is 1. The van der Waals surface area contributed by atoms with Crippen LogP contribution in [0.3, 0.4) is 0 Å². The van der Waals surface area contributed by atoms with E-state index in [1.165, 1.54) is 0 Å². The summed E-state index contributed by atoms with van der Waals surface area (Å²) in [6.45, 7) is 10.2. The molecule has 0 radical (unpaired) electrons. The number of hydrogen-bond donors (Lipinski definition) is 3. The highest BCUT2D eigenvalue weighted by molar-refractivity contribution is 5.93. The maximum absolute atomic E-state index is 11.7. The molecule has 24 heavy (non-hydrogen) atoms. The zero-order valence-electron chi connectivity index (χ0n) is 14.7. The van der Waals surface area contributed by atoms with Crippen molar-refractivity contribution in [3.05, 3.63) is 36.0 Å². The van der Waals surface area contributed by atoms with E-state index in [9.17, 15) is 9.59 Å². The normalized spacial score (nSPS) is 14.5. The van der Waals surface area contributed by atoms with Crippen molar-refractivity contribution < 1.29 is 19.8 Å². The number of anilines is 2. The minimum absolute atomic E-state index is 0.0254. The molecule has 1 aliphatic heterocycles. The van der Waals surface area contributed by atoms with Gasteiger partial charge in [-0.15, -0.1) is 0 Å². The van der Waals surface area contributed by atoms with Crippen molar-refractivity contribution in [2.24, 2.45) is 0 Å². The minimum atomic E-state index is -0.974. The number of carboxylic acid groups (broad SMARTS) is 1. The van der Waals surface area contributed by atoms with Crippen LogP contribution in [0.1, 0.15) is 39.2 Å². The number of rotatable bonds is 4. The molecule has 0 bridgehead atoms. The molecule has 1 amide bonds. The largest absolute Gasteiger partial charge is 0.481 e. The molecule has 3 N–H and O–H groups in total. The van der Waals surface area contributed by atoms with Crippen LogP contribution in [0.25, 0.3) is 0 Å². The van der Waals surface area contributed by atoms with Gasteiger partial charge in [-0.25, -0.2) is 0 Å². The van der Waals surface area contributed by atoms with Crippen LogP contribution < -0.4 is 10.2 Å². The maximum atomic E-state index is 11.7. The maximum Gasteiger partial charge on any atom is 0.303 e. The van der Waals surface area contributed by atoms with Gasteiger partial charge in [0.15, 0.2) is 0 Å². The molecule has 0 saturated heterocycles. The number of allylic oxidation sites excluding steroid dienone is 1. The van der Waals surface area contributed by atoms with Crippen molar-refractivity contribution in [1.82, 2.24) is 0 Å². The van der Waals surface area contributed by atoms with E-state index in [0.717, 1.165) is 16.9 Å². The highest BCUT2D eigenvalue weighted by Gasteiger charge is 2.37. The SMILES string of the molecule is C=C1N(C)c2ccc(NC(=O)CCC(=O)O)cc2C1(C)C.CCO. The van der Waals surface area contributed by atoms with Crippen molar-refractivity contribution >= 4 is 23.3 Å². The van der Waals surface area contributed by atoms with Crippen LogP contribution in [0.15, 0.2) is 30.5 Å². The molecule has 132 valence electrons. The van der Waals surface area contributed by atoms with Crippen molar-refractivity contribution in [2.75, 3.05) is 23.9 Å². The molecule has 1 aromatic rings. The van der Waals surface area contributed by atoms with E-state index in [4.69, 9.17) is 10.2 Å². The van der Waals surface area contributed by atoms with Crippen LogP contribution >= 0.6 is 0 Å². The number of carbonyl (C=O) groups excluding carboxylic acids is 1. The summed E-state index contributed by atoms with van der Waals surface area (Å²) in [4.78, 5) is 24.2. The third-order valence-electron chi connectivity index (χ3n) is 4.01. The Kier molecular flexibility index (Phi) is 6.54. The molecule has 2 rings (SSSR count). The van der Waals surface area contributed by atoms with E-state index in [1.807, 2.05) is 30.1 Å². The first-order valence-corrected chi connectivity index (χ1v) is 7.85. The third kappa shape index (κ3) is 4.35. The number of carboxylic acids is 1. The summed E-state index contributed by atoms with van der Waals surface area (Å²) in [5, 5.41) is 18.9. The predicted octanol–water partition coefficient (Wildman–Crippen LogP) is 2.73. The van der Waals surface area contributed by atoms with Crippen LogP contribution in [-0.2, 0) is 15.0 Å². The lowest BCUT2D eigenvalue weighted by Gasteiger charge is -2.22. The van der Waals surface area contributed by atoms with Gasteiger partial charge in [-0.1, -0.05) is 20.4 Å². The number of fused-ring (bicyclic) bond motifs is 1. The van der Waals surface area contributed by atoms with Gasteiger partial charge < -0.3 is 20.4 Å². The fourth-order valence-corrected chi connectivity index (χ4v) is 2.57. The number of amides is 1. The van der Waals surface area contributed by atoms with Crippen molar-refractivity contribution in [2.45, 2.75) is 39.0 Å². The molecule has 6 nitrogen and oxygen atoms in total.